The molecule has 1 fully saturated rings. The van der Waals surface area contributed by atoms with Gasteiger partial charge in [0.25, 0.3) is 0 Å². The minimum absolute atomic E-state index is 0.128. The summed E-state index contributed by atoms with van der Waals surface area (Å²) in [4.78, 5) is 23.7. The molecule has 1 amide bonds. The Bertz CT molecular complexity index is 1040. The van der Waals surface area contributed by atoms with Crippen LogP contribution in [0.15, 0.2) is 54.9 Å². The van der Waals surface area contributed by atoms with Crippen molar-refractivity contribution in [2.75, 3.05) is 13.1 Å². The Hall–Kier alpha value is -3.26. The lowest BCUT2D eigenvalue weighted by molar-refractivity contribution is -0.132. The highest BCUT2D eigenvalue weighted by molar-refractivity contribution is 5.84. The Kier molecular flexibility index (Phi) is 5.03. The van der Waals surface area contributed by atoms with E-state index in [2.05, 4.69) is 18.0 Å². The molecule has 3 heterocycles. The maximum Gasteiger partial charge on any atom is 0.227 e. The summed E-state index contributed by atoms with van der Waals surface area (Å²) >= 11 is 0. The molecule has 1 aliphatic heterocycles. The van der Waals surface area contributed by atoms with E-state index in [0.29, 0.717) is 24.4 Å². The number of fused-ring (bicyclic) bond motifs is 1. The Balaban J connectivity index is 1.57. The molecule has 0 aliphatic carbocycles. The number of amides is 1. The second-order valence-corrected chi connectivity index (χ2v) is 7.60. The number of para-hydroxylation sites is 1. The van der Waals surface area contributed by atoms with Crippen LogP contribution in [0.25, 0.3) is 10.9 Å². The molecule has 5 nitrogen and oxygen atoms in total. The molecule has 1 aromatic carbocycles. The van der Waals surface area contributed by atoms with Gasteiger partial charge < -0.3 is 4.90 Å². The van der Waals surface area contributed by atoms with Crippen molar-refractivity contribution in [1.29, 1.82) is 5.26 Å². The fourth-order valence-corrected chi connectivity index (χ4v) is 4.04. The van der Waals surface area contributed by atoms with Crippen molar-refractivity contribution in [2.24, 2.45) is 5.92 Å². The molecule has 2 aromatic heterocycles. The number of hydrogen-bond donors (Lipinski definition) is 0. The summed E-state index contributed by atoms with van der Waals surface area (Å²) in [6.45, 7) is 3.61. The van der Waals surface area contributed by atoms with E-state index in [0.717, 1.165) is 35.1 Å². The lowest BCUT2D eigenvalue weighted by atomic mass is 9.87. The Morgan fingerprint density at radius 2 is 2.11 bits per heavy atom. The van der Waals surface area contributed by atoms with Gasteiger partial charge in [-0.3, -0.25) is 14.8 Å². The van der Waals surface area contributed by atoms with Crippen LogP contribution in [0, 0.1) is 17.2 Å². The molecule has 4 rings (SSSR count). The van der Waals surface area contributed by atoms with Gasteiger partial charge in [-0.25, -0.2) is 0 Å². The maximum atomic E-state index is 12.8. The maximum absolute atomic E-state index is 12.8. The van der Waals surface area contributed by atoms with E-state index in [1.807, 2.05) is 41.3 Å². The van der Waals surface area contributed by atoms with Crippen LogP contribution >= 0.6 is 0 Å². The molecule has 140 valence electrons. The first-order valence-electron chi connectivity index (χ1n) is 9.60. The van der Waals surface area contributed by atoms with Crippen LogP contribution in [0.5, 0.6) is 0 Å². The Labute approximate surface area is 164 Å². The number of rotatable bonds is 3. The third-order valence-electron chi connectivity index (χ3n) is 5.37. The number of aromatic nitrogens is 2. The van der Waals surface area contributed by atoms with Gasteiger partial charge in [0.1, 0.15) is 6.07 Å². The summed E-state index contributed by atoms with van der Waals surface area (Å²) < 4.78 is 0. The lowest BCUT2D eigenvalue weighted by Gasteiger charge is -2.36. The van der Waals surface area contributed by atoms with Gasteiger partial charge in [-0.15, -0.1) is 0 Å². The average molecular weight is 370 g/mol. The van der Waals surface area contributed by atoms with Gasteiger partial charge in [-0.05, 0) is 36.1 Å². The predicted octanol–water partition coefficient (Wildman–Crippen LogP) is 3.70. The quantitative estimate of drug-likeness (QED) is 0.705. The van der Waals surface area contributed by atoms with E-state index in [1.54, 1.807) is 18.5 Å². The Morgan fingerprint density at radius 3 is 2.89 bits per heavy atom. The fourth-order valence-electron chi connectivity index (χ4n) is 4.04. The summed E-state index contributed by atoms with van der Waals surface area (Å²) in [6.07, 6.45) is 4.83. The van der Waals surface area contributed by atoms with Gasteiger partial charge in [0.15, 0.2) is 0 Å². The molecule has 28 heavy (non-hydrogen) atoms. The van der Waals surface area contributed by atoms with E-state index in [1.165, 1.54) is 0 Å². The van der Waals surface area contributed by atoms with Crippen LogP contribution in [0.2, 0.25) is 0 Å². The minimum atomic E-state index is 0.128. The zero-order chi connectivity index (χ0) is 19.5. The zero-order valence-electron chi connectivity index (χ0n) is 15.9. The van der Waals surface area contributed by atoms with Crippen molar-refractivity contribution in [1.82, 2.24) is 14.9 Å². The first-order chi connectivity index (χ1) is 13.6. The fraction of sp³-hybridized carbons (Fsp3) is 0.304. The third kappa shape index (κ3) is 3.72. The van der Waals surface area contributed by atoms with Gasteiger partial charge in [0.2, 0.25) is 5.91 Å². The number of carbonyl (C=O) groups excluding carboxylic acids is 1. The first kappa shape index (κ1) is 18.1. The molecule has 0 radical (unpaired) electrons. The molecule has 0 N–H and O–H groups in total. The molecule has 3 aromatic rings. The number of nitriles is 1. The smallest absolute Gasteiger partial charge is 0.227 e. The number of likely N-dealkylation sites (tertiary alicyclic amines) is 1. The summed E-state index contributed by atoms with van der Waals surface area (Å²) in [5, 5.41) is 10.4. The van der Waals surface area contributed by atoms with Crippen molar-refractivity contribution in [2.45, 2.75) is 25.7 Å². The molecular weight excluding hydrogens is 348 g/mol. The van der Waals surface area contributed by atoms with Crippen molar-refractivity contribution < 1.29 is 4.79 Å². The summed E-state index contributed by atoms with van der Waals surface area (Å²) in [7, 11) is 0. The highest BCUT2D eigenvalue weighted by Crippen LogP contribution is 2.31. The van der Waals surface area contributed by atoms with Crippen LogP contribution in [0.3, 0.4) is 0 Å². The van der Waals surface area contributed by atoms with Crippen molar-refractivity contribution in [3.8, 4) is 6.07 Å². The Morgan fingerprint density at radius 1 is 1.21 bits per heavy atom. The van der Waals surface area contributed by atoms with Crippen LogP contribution in [-0.4, -0.2) is 33.9 Å². The predicted molar refractivity (Wildman–Crippen MR) is 108 cm³/mol. The van der Waals surface area contributed by atoms with Gasteiger partial charge in [0, 0.05) is 42.5 Å². The van der Waals surface area contributed by atoms with Crippen LogP contribution in [0.4, 0.5) is 0 Å². The first-order valence-corrected chi connectivity index (χ1v) is 9.60. The monoisotopic (exact) mass is 370 g/mol. The summed E-state index contributed by atoms with van der Waals surface area (Å²) in [5.41, 5.74) is 3.23. The number of piperidine rings is 1. The van der Waals surface area contributed by atoms with E-state index in [4.69, 9.17) is 4.98 Å². The van der Waals surface area contributed by atoms with Gasteiger partial charge in [-0.2, -0.15) is 5.26 Å². The van der Waals surface area contributed by atoms with Crippen LogP contribution < -0.4 is 0 Å². The second-order valence-electron chi connectivity index (χ2n) is 7.60. The van der Waals surface area contributed by atoms with Gasteiger partial charge in [0.05, 0.1) is 17.5 Å². The van der Waals surface area contributed by atoms with Crippen molar-refractivity contribution >= 4 is 16.8 Å². The standard InChI is InChI=1S/C23H22N4O/c1-16-10-20(15-27(14-16)22(28)11-17-4-3-9-25-13-17)21-8-7-18-5-2-6-19(12-24)23(18)26-21/h2-9,13,16,20H,10-11,14-15H2,1H3/t16-,20-/m0/s1. The molecule has 0 bridgehead atoms. The van der Waals surface area contributed by atoms with Crippen molar-refractivity contribution in [3.05, 3.63) is 71.7 Å². The molecule has 0 spiro atoms. The highest BCUT2D eigenvalue weighted by atomic mass is 16.2. The normalized spacial score (nSPS) is 19.4. The van der Waals surface area contributed by atoms with Crippen LogP contribution in [0.1, 0.15) is 36.1 Å². The molecule has 0 unspecified atom stereocenters. The highest BCUT2D eigenvalue weighted by Gasteiger charge is 2.29. The molecule has 1 saturated heterocycles. The van der Waals surface area contributed by atoms with E-state index in [-0.39, 0.29) is 11.8 Å². The third-order valence-corrected chi connectivity index (χ3v) is 5.37. The van der Waals surface area contributed by atoms with E-state index < -0.39 is 0 Å². The molecular formula is C23H22N4O. The zero-order valence-corrected chi connectivity index (χ0v) is 15.9. The van der Waals surface area contributed by atoms with E-state index in [9.17, 15) is 10.1 Å². The van der Waals surface area contributed by atoms with Crippen LogP contribution in [-0.2, 0) is 11.2 Å². The van der Waals surface area contributed by atoms with Gasteiger partial charge in [-0.1, -0.05) is 31.2 Å². The SMILES string of the molecule is C[C@H]1C[C@H](c2ccc3cccc(C#N)c3n2)CN(C(=O)Cc2cccnc2)C1. The number of nitrogens with zero attached hydrogens (tertiary/aromatic N) is 4. The number of pyridine rings is 2. The number of hydrogen-bond acceptors (Lipinski definition) is 4. The lowest BCUT2D eigenvalue weighted by Crippen LogP contribution is -2.43. The average Bonchev–Trinajstić information content (AvgIpc) is 2.73. The molecule has 1 aliphatic rings. The van der Waals surface area contributed by atoms with Crippen molar-refractivity contribution in [3.63, 3.8) is 0 Å². The second kappa shape index (κ2) is 7.77. The van der Waals surface area contributed by atoms with Gasteiger partial charge >= 0.3 is 0 Å². The summed E-state index contributed by atoms with van der Waals surface area (Å²) in [6, 6.07) is 15.7. The minimum Gasteiger partial charge on any atom is -0.341 e. The number of benzene rings is 1. The topological polar surface area (TPSA) is 69.9 Å². The molecule has 5 heteroatoms. The number of carbonyl (C=O) groups is 1. The molecule has 2 atom stereocenters. The summed E-state index contributed by atoms with van der Waals surface area (Å²) in [5.74, 6) is 0.709. The largest absolute Gasteiger partial charge is 0.341 e. The molecule has 0 saturated carbocycles. The van der Waals surface area contributed by atoms with E-state index >= 15 is 0 Å².